The van der Waals surface area contributed by atoms with Gasteiger partial charge in [0.15, 0.2) is 0 Å². The van der Waals surface area contributed by atoms with E-state index in [0.717, 1.165) is 0 Å². The Morgan fingerprint density at radius 3 is 1.58 bits per heavy atom. The minimum atomic E-state index is 0.599. The maximum atomic E-state index is 2.97. The lowest BCUT2D eigenvalue weighted by Gasteiger charge is -2.11. The molecule has 0 aromatic heterocycles. The van der Waals surface area contributed by atoms with Gasteiger partial charge in [0, 0.05) is 0 Å². The molecule has 0 saturated carbocycles. The van der Waals surface area contributed by atoms with Crippen LogP contribution in [0, 0.1) is 0 Å². The van der Waals surface area contributed by atoms with Gasteiger partial charge in [0.05, 0.1) is 0 Å². The molecule has 0 bridgehead atoms. The van der Waals surface area contributed by atoms with Gasteiger partial charge in [-0.2, -0.15) is 0 Å². The molecule has 0 spiro atoms. The molecule has 0 nitrogen and oxygen atoms in total. The smallest absolute Gasteiger partial charge is 0.00146 e. The second kappa shape index (κ2) is 11.6. The number of benzene rings is 3. The lowest BCUT2D eigenvalue weighted by Crippen LogP contribution is -1.91. The van der Waals surface area contributed by atoms with Crippen LogP contribution in [0.15, 0.2) is 97.1 Å². The molecular weight excluding hydrogens is 307 g/mol. The second-order valence-corrected chi connectivity index (χ2v) is 6.71. The Kier molecular flexibility index (Phi) is 8.91. The maximum Gasteiger partial charge on any atom is -0.00146 e. The zero-order chi connectivity index (χ0) is 16.9. The van der Waals surface area contributed by atoms with E-state index in [1.165, 1.54) is 36.8 Å². The SMILES string of the molecule is PC(CCCCc1ccccc1)c1ccccc1.c1ccccc1. The predicted molar refractivity (Wildman–Crippen MR) is 109 cm³/mol. The van der Waals surface area contributed by atoms with E-state index in [1.807, 2.05) is 36.4 Å². The maximum absolute atomic E-state index is 2.97. The van der Waals surface area contributed by atoms with Crippen LogP contribution in [0.4, 0.5) is 0 Å². The third kappa shape index (κ3) is 7.57. The third-order valence-corrected chi connectivity index (χ3v) is 4.69. The summed E-state index contributed by atoms with van der Waals surface area (Å²) in [4.78, 5) is 0. The van der Waals surface area contributed by atoms with Crippen LogP contribution < -0.4 is 0 Å². The average molecular weight is 334 g/mol. The lowest BCUT2D eigenvalue weighted by atomic mass is 10.0. The summed E-state index contributed by atoms with van der Waals surface area (Å²) in [7, 11) is 2.97. The van der Waals surface area contributed by atoms with Crippen molar-refractivity contribution in [3.05, 3.63) is 108 Å². The van der Waals surface area contributed by atoms with Crippen molar-refractivity contribution in [1.29, 1.82) is 0 Å². The minimum absolute atomic E-state index is 0.599. The number of aryl methyl sites for hydroxylation is 1. The normalized spacial score (nSPS) is 11.2. The molecule has 2 atom stereocenters. The summed E-state index contributed by atoms with van der Waals surface area (Å²) < 4.78 is 0. The van der Waals surface area contributed by atoms with E-state index in [1.54, 1.807) is 0 Å². The number of rotatable bonds is 6. The average Bonchev–Trinajstić information content (AvgIpc) is 2.68. The monoisotopic (exact) mass is 334 g/mol. The standard InChI is InChI=1S/C17H21P.C6H6/c18-17(16-12-5-2-6-13-16)14-8-7-11-15-9-3-1-4-10-15;1-2-4-6-5-3-1/h1-6,9-10,12-13,17H,7-8,11,14,18H2;1-6H. The van der Waals surface area contributed by atoms with Crippen LogP contribution in [-0.2, 0) is 6.42 Å². The summed E-state index contributed by atoms with van der Waals surface area (Å²) >= 11 is 0. The van der Waals surface area contributed by atoms with Gasteiger partial charge in [0.1, 0.15) is 0 Å². The van der Waals surface area contributed by atoms with Crippen molar-refractivity contribution in [3.63, 3.8) is 0 Å². The number of unbranched alkanes of at least 4 members (excludes halogenated alkanes) is 1. The minimum Gasteiger partial charge on any atom is -0.130 e. The Hall–Kier alpha value is -1.91. The first-order chi connectivity index (χ1) is 11.9. The van der Waals surface area contributed by atoms with Crippen molar-refractivity contribution in [3.8, 4) is 0 Å². The molecule has 24 heavy (non-hydrogen) atoms. The van der Waals surface area contributed by atoms with Crippen LogP contribution in [0.3, 0.4) is 0 Å². The molecule has 0 aliphatic carbocycles. The van der Waals surface area contributed by atoms with Crippen LogP contribution in [0.25, 0.3) is 0 Å². The highest BCUT2D eigenvalue weighted by molar-refractivity contribution is 7.17. The van der Waals surface area contributed by atoms with E-state index in [4.69, 9.17) is 0 Å². The van der Waals surface area contributed by atoms with Crippen molar-refractivity contribution in [2.75, 3.05) is 0 Å². The quantitative estimate of drug-likeness (QED) is 0.347. The summed E-state index contributed by atoms with van der Waals surface area (Å²) in [6.07, 6.45) is 5.02. The summed E-state index contributed by atoms with van der Waals surface area (Å²) in [5, 5.41) is 0. The van der Waals surface area contributed by atoms with Crippen LogP contribution >= 0.6 is 9.24 Å². The largest absolute Gasteiger partial charge is 0.130 e. The van der Waals surface area contributed by atoms with Crippen LogP contribution in [0.1, 0.15) is 36.0 Å². The van der Waals surface area contributed by atoms with Crippen molar-refractivity contribution >= 4 is 9.24 Å². The Bertz CT molecular complexity index is 608. The van der Waals surface area contributed by atoms with Gasteiger partial charge in [-0.3, -0.25) is 0 Å². The van der Waals surface area contributed by atoms with Crippen molar-refractivity contribution in [1.82, 2.24) is 0 Å². The summed E-state index contributed by atoms with van der Waals surface area (Å²) in [5.41, 5.74) is 3.49. The molecular formula is C23H27P. The molecule has 1 heteroatoms. The molecule has 0 aliphatic rings. The van der Waals surface area contributed by atoms with Gasteiger partial charge in [-0.05, 0) is 36.0 Å². The molecule has 0 heterocycles. The Labute approximate surface area is 149 Å². The molecule has 0 aliphatic heterocycles. The first-order valence-electron chi connectivity index (χ1n) is 8.71. The van der Waals surface area contributed by atoms with Gasteiger partial charge < -0.3 is 0 Å². The molecule has 0 N–H and O–H groups in total. The van der Waals surface area contributed by atoms with Crippen molar-refractivity contribution in [2.45, 2.75) is 31.3 Å². The number of hydrogen-bond donors (Lipinski definition) is 0. The second-order valence-electron chi connectivity index (χ2n) is 5.90. The van der Waals surface area contributed by atoms with Gasteiger partial charge in [-0.15, -0.1) is 9.24 Å². The highest BCUT2D eigenvalue weighted by atomic mass is 31.0. The van der Waals surface area contributed by atoms with Gasteiger partial charge in [0.2, 0.25) is 0 Å². The van der Waals surface area contributed by atoms with Gasteiger partial charge >= 0.3 is 0 Å². The van der Waals surface area contributed by atoms with Gasteiger partial charge in [0.25, 0.3) is 0 Å². The van der Waals surface area contributed by atoms with E-state index in [9.17, 15) is 0 Å². The molecule has 2 unspecified atom stereocenters. The lowest BCUT2D eigenvalue weighted by molar-refractivity contribution is 0.670. The van der Waals surface area contributed by atoms with Crippen LogP contribution in [0.5, 0.6) is 0 Å². The molecule has 3 rings (SSSR count). The Morgan fingerprint density at radius 1 is 0.583 bits per heavy atom. The molecule has 3 aromatic carbocycles. The van der Waals surface area contributed by atoms with E-state index >= 15 is 0 Å². The van der Waals surface area contributed by atoms with Crippen LogP contribution in [0.2, 0.25) is 0 Å². The fourth-order valence-corrected chi connectivity index (χ4v) is 3.05. The first kappa shape index (κ1) is 18.4. The molecule has 3 aromatic rings. The fraction of sp³-hybridized carbons (Fsp3) is 0.217. The zero-order valence-electron chi connectivity index (χ0n) is 14.2. The van der Waals surface area contributed by atoms with Crippen LogP contribution in [-0.4, -0.2) is 0 Å². The van der Waals surface area contributed by atoms with Gasteiger partial charge in [-0.25, -0.2) is 0 Å². The topological polar surface area (TPSA) is 0 Å². The predicted octanol–water partition coefficient (Wildman–Crippen LogP) is 6.70. The fourth-order valence-electron chi connectivity index (χ4n) is 2.59. The zero-order valence-corrected chi connectivity index (χ0v) is 15.4. The first-order valence-corrected chi connectivity index (χ1v) is 9.37. The molecule has 0 radical (unpaired) electrons. The van der Waals surface area contributed by atoms with Gasteiger partial charge in [-0.1, -0.05) is 103 Å². The summed E-state index contributed by atoms with van der Waals surface area (Å²) in [6, 6.07) is 33.5. The van der Waals surface area contributed by atoms with E-state index in [2.05, 4.69) is 69.9 Å². The van der Waals surface area contributed by atoms with E-state index in [0.29, 0.717) is 5.66 Å². The summed E-state index contributed by atoms with van der Waals surface area (Å²) in [5.74, 6) is 0. The van der Waals surface area contributed by atoms with E-state index < -0.39 is 0 Å². The van der Waals surface area contributed by atoms with Crippen molar-refractivity contribution < 1.29 is 0 Å². The van der Waals surface area contributed by atoms with Crippen molar-refractivity contribution in [2.24, 2.45) is 0 Å². The Balaban J connectivity index is 0.000000292. The summed E-state index contributed by atoms with van der Waals surface area (Å²) in [6.45, 7) is 0. The number of hydrogen-bond acceptors (Lipinski definition) is 0. The highest BCUT2D eigenvalue weighted by Gasteiger charge is 2.04. The highest BCUT2D eigenvalue weighted by Crippen LogP contribution is 2.28. The van der Waals surface area contributed by atoms with E-state index in [-0.39, 0.29) is 0 Å². The molecule has 0 amide bonds. The molecule has 0 saturated heterocycles. The Morgan fingerprint density at radius 2 is 1.04 bits per heavy atom. The molecule has 124 valence electrons. The third-order valence-electron chi connectivity index (χ3n) is 3.97. The molecule has 0 fully saturated rings.